The molecule has 0 spiro atoms. The number of imidazole rings is 1. The molecule has 1 heterocycles. The number of H-pyrrole nitrogens is 1. The molecule has 0 aliphatic heterocycles. The molecule has 0 radical (unpaired) electrons. The number of benzene rings is 2. The lowest BCUT2D eigenvalue weighted by Crippen LogP contribution is -1.91. The van der Waals surface area contributed by atoms with E-state index in [0.29, 0.717) is 0 Å². The Morgan fingerprint density at radius 1 is 1.11 bits per heavy atom. The maximum Gasteiger partial charge on any atom is 0.104 e. The summed E-state index contributed by atoms with van der Waals surface area (Å²) in [4.78, 5) is 7.66. The number of aromatic amines is 1. The molecular formula is C15H15N3. The van der Waals surface area contributed by atoms with E-state index in [4.69, 9.17) is 5.73 Å². The van der Waals surface area contributed by atoms with Crippen LogP contribution in [0.1, 0.15) is 17.0 Å². The van der Waals surface area contributed by atoms with Gasteiger partial charge in [0.2, 0.25) is 0 Å². The van der Waals surface area contributed by atoms with Crippen molar-refractivity contribution < 1.29 is 0 Å². The maximum absolute atomic E-state index is 5.79. The van der Waals surface area contributed by atoms with Gasteiger partial charge in [-0.3, -0.25) is 0 Å². The van der Waals surface area contributed by atoms with Gasteiger partial charge >= 0.3 is 0 Å². The Kier molecular flexibility index (Phi) is 2.52. The van der Waals surface area contributed by atoms with E-state index >= 15 is 0 Å². The SMILES string of the molecule is Cc1nc2ccc(Cc3cccc(N)c3)cc2[nH]1. The Bertz CT molecular complexity index is 698. The van der Waals surface area contributed by atoms with Crippen LogP contribution in [-0.4, -0.2) is 9.97 Å². The number of hydrogen-bond donors (Lipinski definition) is 2. The summed E-state index contributed by atoms with van der Waals surface area (Å²) in [5, 5.41) is 0. The number of nitrogens with zero attached hydrogens (tertiary/aromatic N) is 1. The van der Waals surface area contributed by atoms with E-state index in [2.05, 4.69) is 34.2 Å². The van der Waals surface area contributed by atoms with E-state index in [1.165, 1.54) is 11.1 Å². The van der Waals surface area contributed by atoms with Crippen LogP contribution in [0.4, 0.5) is 5.69 Å². The molecule has 0 amide bonds. The number of aromatic nitrogens is 2. The number of aryl methyl sites for hydroxylation is 1. The summed E-state index contributed by atoms with van der Waals surface area (Å²) in [6, 6.07) is 14.3. The fourth-order valence-corrected chi connectivity index (χ4v) is 2.23. The summed E-state index contributed by atoms with van der Waals surface area (Å²) in [7, 11) is 0. The molecule has 0 saturated carbocycles. The molecular weight excluding hydrogens is 222 g/mol. The molecule has 0 saturated heterocycles. The maximum atomic E-state index is 5.79. The molecule has 3 N–H and O–H groups in total. The number of fused-ring (bicyclic) bond motifs is 1. The summed E-state index contributed by atoms with van der Waals surface area (Å²) in [6.07, 6.45) is 0.888. The van der Waals surface area contributed by atoms with Gasteiger partial charge in [-0.05, 0) is 48.7 Å². The van der Waals surface area contributed by atoms with E-state index < -0.39 is 0 Å². The molecule has 3 heteroatoms. The molecule has 2 aromatic carbocycles. The Hall–Kier alpha value is -2.29. The Morgan fingerprint density at radius 2 is 1.94 bits per heavy atom. The van der Waals surface area contributed by atoms with Gasteiger partial charge in [0.25, 0.3) is 0 Å². The van der Waals surface area contributed by atoms with Crippen LogP contribution in [0, 0.1) is 6.92 Å². The lowest BCUT2D eigenvalue weighted by atomic mass is 10.0. The van der Waals surface area contributed by atoms with Gasteiger partial charge in [0.1, 0.15) is 5.82 Å². The molecule has 0 fully saturated rings. The largest absolute Gasteiger partial charge is 0.399 e. The topological polar surface area (TPSA) is 54.7 Å². The fraction of sp³-hybridized carbons (Fsp3) is 0.133. The number of nitrogen functional groups attached to an aromatic ring is 1. The molecule has 0 unspecified atom stereocenters. The van der Waals surface area contributed by atoms with Crippen LogP contribution < -0.4 is 5.73 Å². The Morgan fingerprint density at radius 3 is 2.78 bits per heavy atom. The van der Waals surface area contributed by atoms with Gasteiger partial charge in [-0.25, -0.2) is 4.98 Å². The summed E-state index contributed by atoms with van der Waals surface area (Å²) in [6.45, 7) is 1.97. The van der Waals surface area contributed by atoms with Crippen molar-refractivity contribution in [2.45, 2.75) is 13.3 Å². The van der Waals surface area contributed by atoms with Crippen molar-refractivity contribution in [2.75, 3.05) is 5.73 Å². The quantitative estimate of drug-likeness (QED) is 0.673. The van der Waals surface area contributed by atoms with Gasteiger partial charge in [0, 0.05) is 5.69 Å². The molecule has 0 aliphatic carbocycles. The molecule has 0 aliphatic rings. The molecule has 90 valence electrons. The van der Waals surface area contributed by atoms with Crippen molar-refractivity contribution in [1.29, 1.82) is 0 Å². The zero-order chi connectivity index (χ0) is 12.5. The molecule has 18 heavy (non-hydrogen) atoms. The predicted molar refractivity (Wildman–Crippen MR) is 74.5 cm³/mol. The van der Waals surface area contributed by atoms with Crippen molar-refractivity contribution in [1.82, 2.24) is 9.97 Å². The normalized spacial score (nSPS) is 10.9. The number of nitrogens with one attached hydrogen (secondary N) is 1. The van der Waals surface area contributed by atoms with E-state index in [1.807, 2.05) is 25.1 Å². The first kappa shape index (κ1) is 10.8. The minimum atomic E-state index is 0.811. The smallest absolute Gasteiger partial charge is 0.104 e. The van der Waals surface area contributed by atoms with Gasteiger partial charge in [-0.1, -0.05) is 18.2 Å². The monoisotopic (exact) mass is 237 g/mol. The lowest BCUT2D eigenvalue weighted by molar-refractivity contribution is 1.17. The number of hydrogen-bond acceptors (Lipinski definition) is 2. The molecule has 0 bridgehead atoms. The highest BCUT2D eigenvalue weighted by Gasteiger charge is 2.02. The molecule has 0 atom stereocenters. The van der Waals surface area contributed by atoms with Gasteiger partial charge in [0.15, 0.2) is 0 Å². The van der Waals surface area contributed by atoms with Gasteiger partial charge in [-0.15, -0.1) is 0 Å². The summed E-state index contributed by atoms with van der Waals surface area (Å²) in [5.74, 6) is 0.950. The van der Waals surface area contributed by atoms with E-state index in [1.54, 1.807) is 0 Å². The highest BCUT2D eigenvalue weighted by Crippen LogP contribution is 2.17. The highest BCUT2D eigenvalue weighted by atomic mass is 14.9. The van der Waals surface area contributed by atoms with Gasteiger partial charge in [-0.2, -0.15) is 0 Å². The van der Waals surface area contributed by atoms with Crippen molar-refractivity contribution in [3.63, 3.8) is 0 Å². The lowest BCUT2D eigenvalue weighted by Gasteiger charge is -2.03. The first-order valence-corrected chi connectivity index (χ1v) is 6.00. The first-order chi connectivity index (χ1) is 8.70. The minimum Gasteiger partial charge on any atom is -0.399 e. The molecule has 3 rings (SSSR count). The molecule has 1 aromatic heterocycles. The first-order valence-electron chi connectivity index (χ1n) is 6.00. The van der Waals surface area contributed by atoms with Crippen LogP contribution in [0.5, 0.6) is 0 Å². The average Bonchev–Trinajstić information content (AvgIpc) is 2.68. The van der Waals surface area contributed by atoms with Crippen LogP contribution in [0.15, 0.2) is 42.5 Å². The third kappa shape index (κ3) is 2.07. The van der Waals surface area contributed by atoms with Crippen molar-refractivity contribution >= 4 is 16.7 Å². The van der Waals surface area contributed by atoms with Gasteiger partial charge in [0.05, 0.1) is 11.0 Å². The minimum absolute atomic E-state index is 0.811. The Balaban J connectivity index is 1.94. The summed E-state index contributed by atoms with van der Waals surface area (Å²) in [5.41, 5.74) is 11.2. The van der Waals surface area contributed by atoms with Crippen LogP contribution in [0.2, 0.25) is 0 Å². The second-order valence-electron chi connectivity index (χ2n) is 4.60. The third-order valence-electron chi connectivity index (χ3n) is 3.02. The number of nitrogens with two attached hydrogens (primary N) is 1. The number of rotatable bonds is 2. The van der Waals surface area contributed by atoms with Crippen molar-refractivity contribution in [3.8, 4) is 0 Å². The third-order valence-corrected chi connectivity index (χ3v) is 3.02. The predicted octanol–water partition coefficient (Wildman–Crippen LogP) is 3.04. The summed E-state index contributed by atoms with van der Waals surface area (Å²) < 4.78 is 0. The molecule has 3 aromatic rings. The van der Waals surface area contributed by atoms with Crippen molar-refractivity contribution in [3.05, 3.63) is 59.4 Å². The van der Waals surface area contributed by atoms with Crippen LogP contribution >= 0.6 is 0 Å². The van der Waals surface area contributed by atoms with E-state index in [-0.39, 0.29) is 0 Å². The van der Waals surface area contributed by atoms with Crippen LogP contribution in [0.25, 0.3) is 11.0 Å². The van der Waals surface area contributed by atoms with Crippen molar-refractivity contribution in [2.24, 2.45) is 0 Å². The highest BCUT2D eigenvalue weighted by molar-refractivity contribution is 5.75. The van der Waals surface area contributed by atoms with Crippen LogP contribution in [-0.2, 0) is 6.42 Å². The van der Waals surface area contributed by atoms with E-state index in [0.717, 1.165) is 29.0 Å². The van der Waals surface area contributed by atoms with Crippen LogP contribution in [0.3, 0.4) is 0 Å². The zero-order valence-electron chi connectivity index (χ0n) is 10.3. The number of anilines is 1. The van der Waals surface area contributed by atoms with E-state index in [9.17, 15) is 0 Å². The second-order valence-corrected chi connectivity index (χ2v) is 4.60. The Labute approximate surface area is 106 Å². The standard InChI is InChI=1S/C15H15N3/c1-10-17-14-6-5-12(9-15(14)18-10)7-11-3-2-4-13(16)8-11/h2-6,8-9H,7,16H2,1H3,(H,17,18). The zero-order valence-corrected chi connectivity index (χ0v) is 10.3. The molecule has 3 nitrogen and oxygen atoms in total. The summed E-state index contributed by atoms with van der Waals surface area (Å²) >= 11 is 0. The fourth-order valence-electron chi connectivity index (χ4n) is 2.23. The van der Waals surface area contributed by atoms with Gasteiger partial charge < -0.3 is 10.7 Å². The average molecular weight is 237 g/mol. The second kappa shape index (κ2) is 4.18.